The first-order valence-corrected chi connectivity index (χ1v) is 9.22. The molecule has 130 valence electrons. The summed E-state index contributed by atoms with van der Waals surface area (Å²) in [4.78, 5) is 5.05. The highest BCUT2D eigenvalue weighted by molar-refractivity contribution is 5.51. The predicted molar refractivity (Wildman–Crippen MR) is 103 cm³/mol. The van der Waals surface area contributed by atoms with Crippen molar-refractivity contribution in [2.24, 2.45) is 0 Å². The first-order valence-electron chi connectivity index (χ1n) is 9.22. The van der Waals surface area contributed by atoms with Gasteiger partial charge in [-0.2, -0.15) is 5.10 Å². The molecule has 1 aliphatic carbocycles. The molecule has 2 aliphatic rings. The molecule has 25 heavy (non-hydrogen) atoms. The third-order valence-electron chi connectivity index (χ3n) is 5.04. The fourth-order valence-electron chi connectivity index (χ4n) is 3.58. The zero-order chi connectivity index (χ0) is 17.1. The van der Waals surface area contributed by atoms with Gasteiger partial charge in [0.15, 0.2) is 0 Å². The standard InChI is InChI=1S/C21H26N4/c1-18-15-22-25(16-18)21-9-7-20(8-10-21)24-13-11-23(12-14-24)17-19-5-3-2-4-6-19/h3,5-10,15-16H,2,4,11-14,17H2,1H3. The summed E-state index contributed by atoms with van der Waals surface area (Å²) >= 11 is 0. The van der Waals surface area contributed by atoms with E-state index in [9.17, 15) is 0 Å². The zero-order valence-corrected chi connectivity index (χ0v) is 14.9. The normalized spacial score (nSPS) is 18.4. The van der Waals surface area contributed by atoms with Crippen LogP contribution in [0.3, 0.4) is 0 Å². The maximum Gasteiger partial charge on any atom is 0.0647 e. The second-order valence-corrected chi connectivity index (χ2v) is 7.00. The van der Waals surface area contributed by atoms with Gasteiger partial charge in [-0.05, 0) is 55.2 Å². The number of aryl methyl sites for hydroxylation is 1. The molecule has 4 rings (SSSR count). The van der Waals surface area contributed by atoms with Crippen LogP contribution < -0.4 is 4.90 Å². The fourth-order valence-corrected chi connectivity index (χ4v) is 3.58. The average molecular weight is 334 g/mol. The van der Waals surface area contributed by atoms with Gasteiger partial charge in [0.05, 0.1) is 11.9 Å². The number of anilines is 1. The average Bonchev–Trinajstić information content (AvgIpc) is 3.10. The monoisotopic (exact) mass is 334 g/mol. The lowest BCUT2D eigenvalue weighted by Gasteiger charge is -2.36. The number of piperazine rings is 1. The van der Waals surface area contributed by atoms with Gasteiger partial charge in [0.2, 0.25) is 0 Å². The lowest BCUT2D eigenvalue weighted by molar-refractivity contribution is 0.279. The van der Waals surface area contributed by atoms with E-state index in [0.717, 1.165) is 38.4 Å². The summed E-state index contributed by atoms with van der Waals surface area (Å²) in [6.45, 7) is 7.61. The quantitative estimate of drug-likeness (QED) is 0.854. The van der Waals surface area contributed by atoms with Crippen molar-refractivity contribution < 1.29 is 0 Å². The van der Waals surface area contributed by atoms with E-state index in [1.807, 2.05) is 10.9 Å². The third kappa shape index (κ3) is 3.85. The Morgan fingerprint density at radius 1 is 0.960 bits per heavy atom. The van der Waals surface area contributed by atoms with Crippen LogP contribution in [0.2, 0.25) is 0 Å². The Balaban J connectivity index is 1.34. The number of aromatic nitrogens is 2. The Labute approximate surface area is 150 Å². The van der Waals surface area contributed by atoms with Gasteiger partial charge in [-0.1, -0.05) is 18.2 Å². The Morgan fingerprint density at radius 2 is 1.72 bits per heavy atom. The van der Waals surface area contributed by atoms with Gasteiger partial charge in [0.1, 0.15) is 0 Å². The van der Waals surface area contributed by atoms with Gasteiger partial charge in [-0.15, -0.1) is 0 Å². The van der Waals surface area contributed by atoms with Gasteiger partial charge in [-0.25, -0.2) is 4.68 Å². The molecule has 0 unspecified atom stereocenters. The minimum atomic E-state index is 1.09. The summed E-state index contributed by atoms with van der Waals surface area (Å²) in [5, 5.41) is 4.38. The molecule has 0 bridgehead atoms. The van der Waals surface area contributed by atoms with E-state index in [2.05, 4.69) is 70.5 Å². The molecule has 2 heterocycles. The van der Waals surface area contributed by atoms with E-state index >= 15 is 0 Å². The maximum absolute atomic E-state index is 4.38. The van der Waals surface area contributed by atoms with E-state index in [1.165, 1.54) is 29.7 Å². The molecule has 0 amide bonds. The molecule has 1 aromatic carbocycles. The maximum atomic E-state index is 4.38. The second-order valence-electron chi connectivity index (χ2n) is 7.00. The highest BCUT2D eigenvalue weighted by Crippen LogP contribution is 2.20. The van der Waals surface area contributed by atoms with E-state index in [4.69, 9.17) is 0 Å². The van der Waals surface area contributed by atoms with Gasteiger partial charge >= 0.3 is 0 Å². The molecular weight excluding hydrogens is 308 g/mol. The molecule has 0 N–H and O–H groups in total. The van der Waals surface area contributed by atoms with Crippen molar-refractivity contribution in [3.63, 3.8) is 0 Å². The lowest BCUT2D eigenvalue weighted by Crippen LogP contribution is -2.46. The van der Waals surface area contributed by atoms with Crippen molar-refractivity contribution in [1.82, 2.24) is 14.7 Å². The van der Waals surface area contributed by atoms with Crippen LogP contribution in [-0.4, -0.2) is 47.4 Å². The number of benzene rings is 1. The van der Waals surface area contributed by atoms with Crippen LogP contribution in [0.15, 0.2) is 60.5 Å². The van der Waals surface area contributed by atoms with Crippen LogP contribution in [-0.2, 0) is 0 Å². The van der Waals surface area contributed by atoms with Gasteiger partial charge in [-0.3, -0.25) is 4.90 Å². The van der Waals surface area contributed by atoms with Crippen LogP contribution in [0.5, 0.6) is 0 Å². The molecule has 0 atom stereocenters. The van der Waals surface area contributed by atoms with E-state index in [0.29, 0.717) is 0 Å². The summed E-state index contributed by atoms with van der Waals surface area (Å²) in [6, 6.07) is 8.75. The number of hydrogen-bond donors (Lipinski definition) is 0. The molecule has 4 nitrogen and oxygen atoms in total. The largest absolute Gasteiger partial charge is 0.369 e. The molecule has 1 aliphatic heterocycles. The minimum absolute atomic E-state index is 1.09. The summed E-state index contributed by atoms with van der Waals surface area (Å²) < 4.78 is 1.93. The number of rotatable bonds is 4. The predicted octanol–water partition coefficient (Wildman–Crippen LogP) is 3.58. The number of hydrogen-bond acceptors (Lipinski definition) is 3. The van der Waals surface area contributed by atoms with Crippen LogP contribution in [0.25, 0.3) is 5.69 Å². The Kier molecular flexibility index (Phi) is 4.70. The molecule has 1 aromatic heterocycles. The van der Waals surface area contributed by atoms with Crippen molar-refractivity contribution in [2.45, 2.75) is 19.8 Å². The van der Waals surface area contributed by atoms with Crippen molar-refractivity contribution in [3.8, 4) is 5.69 Å². The summed E-state index contributed by atoms with van der Waals surface area (Å²) in [5.74, 6) is 0. The van der Waals surface area contributed by atoms with Gasteiger partial charge in [0, 0.05) is 44.6 Å². The molecule has 0 saturated carbocycles. The van der Waals surface area contributed by atoms with Crippen LogP contribution >= 0.6 is 0 Å². The molecule has 0 spiro atoms. The van der Waals surface area contributed by atoms with E-state index in [1.54, 1.807) is 0 Å². The molecule has 0 radical (unpaired) electrons. The Hall–Kier alpha value is -2.33. The topological polar surface area (TPSA) is 24.3 Å². The van der Waals surface area contributed by atoms with Crippen LogP contribution in [0, 0.1) is 6.92 Å². The highest BCUT2D eigenvalue weighted by atomic mass is 15.3. The fraction of sp³-hybridized carbons (Fsp3) is 0.381. The molecule has 2 aromatic rings. The minimum Gasteiger partial charge on any atom is -0.369 e. The van der Waals surface area contributed by atoms with E-state index in [-0.39, 0.29) is 0 Å². The van der Waals surface area contributed by atoms with Crippen molar-refractivity contribution in [1.29, 1.82) is 0 Å². The summed E-state index contributed by atoms with van der Waals surface area (Å²) in [6.07, 6.45) is 13.3. The molecular formula is C21H26N4. The highest BCUT2D eigenvalue weighted by Gasteiger charge is 2.17. The first-order chi connectivity index (χ1) is 12.3. The SMILES string of the molecule is Cc1cnn(-c2ccc(N3CCN(CC4=CCCC=C4)CC3)cc2)c1. The molecule has 1 fully saturated rings. The molecule has 1 saturated heterocycles. The van der Waals surface area contributed by atoms with E-state index < -0.39 is 0 Å². The Bertz CT molecular complexity index is 761. The number of allylic oxidation sites excluding steroid dienone is 2. The van der Waals surface area contributed by atoms with Crippen molar-refractivity contribution in [2.75, 3.05) is 37.6 Å². The van der Waals surface area contributed by atoms with Crippen molar-refractivity contribution in [3.05, 3.63) is 66.0 Å². The zero-order valence-electron chi connectivity index (χ0n) is 14.9. The van der Waals surface area contributed by atoms with Crippen LogP contribution in [0.4, 0.5) is 5.69 Å². The van der Waals surface area contributed by atoms with Gasteiger partial charge < -0.3 is 4.90 Å². The number of nitrogens with zero attached hydrogens (tertiary/aromatic N) is 4. The summed E-state index contributed by atoms with van der Waals surface area (Å²) in [5.41, 5.74) is 5.09. The van der Waals surface area contributed by atoms with Gasteiger partial charge in [0.25, 0.3) is 0 Å². The van der Waals surface area contributed by atoms with Crippen LogP contribution in [0.1, 0.15) is 18.4 Å². The third-order valence-corrected chi connectivity index (χ3v) is 5.04. The summed E-state index contributed by atoms with van der Waals surface area (Å²) in [7, 11) is 0. The lowest BCUT2D eigenvalue weighted by atomic mass is 10.1. The first kappa shape index (κ1) is 16.2. The van der Waals surface area contributed by atoms with Crippen molar-refractivity contribution >= 4 is 5.69 Å². The molecule has 4 heteroatoms. The second kappa shape index (κ2) is 7.28. The Morgan fingerprint density at radius 3 is 2.36 bits per heavy atom. The smallest absolute Gasteiger partial charge is 0.0647 e.